The van der Waals surface area contributed by atoms with Gasteiger partial charge in [0.25, 0.3) is 0 Å². The number of Topliss-reactive ketones (excluding diaryl/α,β-unsaturated/α-hetero) is 1. The highest BCUT2D eigenvalue weighted by Gasteiger charge is 2.36. The number of aliphatic imine (C=N–C) groups is 1. The minimum Gasteiger partial charge on any atom is -0.475 e. The first-order valence-corrected chi connectivity index (χ1v) is 8.61. The van der Waals surface area contributed by atoms with Crippen LogP contribution in [0.2, 0.25) is 0 Å². The molecule has 2 heterocycles. The Morgan fingerprint density at radius 3 is 2.83 bits per heavy atom. The van der Waals surface area contributed by atoms with Gasteiger partial charge in [0, 0.05) is 18.8 Å². The minimum absolute atomic E-state index is 0.0291. The molecule has 0 saturated heterocycles. The molecule has 130 valence electrons. The van der Waals surface area contributed by atoms with Gasteiger partial charge in [0.2, 0.25) is 5.90 Å². The van der Waals surface area contributed by atoms with E-state index >= 15 is 0 Å². The van der Waals surface area contributed by atoms with Crippen LogP contribution in [0.4, 0.5) is 0 Å². The Morgan fingerprint density at radius 2 is 2.21 bits per heavy atom. The maximum atomic E-state index is 12.3. The highest BCUT2D eigenvalue weighted by Crippen LogP contribution is 2.37. The van der Waals surface area contributed by atoms with Crippen molar-refractivity contribution in [3.05, 3.63) is 29.7 Å². The molecular formula is C19H26N2O3. The average Bonchev–Trinajstić information content (AvgIpc) is 3.09. The molecule has 5 nitrogen and oxygen atoms in total. The van der Waals surface area contributed by atoms with Crippen LogP contribution in [0.15, 0.2) is 27.9 Å². The molecule has 0 spiro atoms. The first-order valence-electron chi connectivity index (χ1n) is 8.61. The molecular weight excluding hydrogens is 304 g/mol. The summed E-state index contributed by atoms with van der Waals surface area (Å²) in [6, 6.07) is 0. The second kappa shape index (κ2) is 6.19. The second-order valence-corrected chi connectivity index (χ2v) is 7.88. The quantitative estimate of drug-likeness (QED) is 0.792. The molecule has 0 radical (unpaired) electrons. The molecule has 3 rings (SSSR count). The molecule has 3 atom stereocenters. The minimum atomic E-state index is -0.219. The monoisotopic (exact) mass is 330 g/mol. The number of hydrogen-bond donors (Lipinski definition) is 0. The van der Waals surface area contributed by atoms with Crippen molar-refractivity contribution in [1.82, 2.24) is 5.16 Å². The molecule has 1 aromatic rings. The summed E-state index contributed by atoms with van der Waals surface area (Å²) < 4.78 is 11.2. The van der Waals surface area contributed by atoms with Gasteiger partial charge >= 0.3 is 0 Å². The van der Waals surface area contributed by atoms with Crippen molar-refractivity contribution < 1.29 is 14.1 Å². The fraction of sp³-hybridized carbons (Fsp3) is 0.632. The van der Waals surface area contributed by atoms with Crippen LogP contribution < -0.4 is 0 Å². The van der Waals surface area contributed by atoms with E-state index in [2.05, 4.69) is 16.7 Å². The summed E-state index contributed by atoms with van der Waals surface area (Å²) >= 11 is 0. The normalized spacial score (nSPS) is 29.2. The van der Waals surface area contributed by atoms with Crippen molar-refractivity contribution in [2.75, 3.05) is 6.61 Å². The molecule has 1 saturated carbocycles. The summed E-state index contributed by atoms with van der Waals surface area (Å²) in [6.45, 7) is 12.7. The van der Waals surface area contributed by atoms with Gasteiger partial charge in [0.1, 0.15) is 18.2 Å². The molecule has 2 aliphatic rings. The van der Waals surface area contributed by atoms with Crippen LogP contribution >= 0.6 is 0 Å². The topological polar surface area (TPSA) is 64.7 Å². The highest BCUT2D eigenvalue weighted by molar-refractivity contribution is 5.96. The van der Waals surface area contributed by atoms with E-state index in [1.165, 1.54) is 0 Å². The molecule has 0 aromatic carbocycles. The summed E-state index contributed by atoms with van der Waals surface area (Å²) in [5.41, 5.74) is 1.68. The van der Waals surface area contributed by atoms with Crippen molar-refractivity contribution in [2.45, 2.75) is 52.5 Å². The zero-order valence-corrected chi connectivity index (χ0v) is 15.0. The molecule has 5 heteroatoms. The van der Waals surface area contributed by atoms with E-state index in [9.17, 15) is 4.79 Å². The molecule has 0 N–H and O–H groups in total. The zero-order chi connectivity index (χ0) is 17.5. The number of hydrogen-bond acceptors (Lipinski definition) is 5. The van der Waals surface area contributed by atoms with Crippen LogP contribution in [0.1, 0.15) is 51.9 Å². The smallest absolute Gasteiger partial charge is 0.222 e. The molecule has 1 aliphatic carbocycles. The molecule has 0 amide bonds. The Hall–Kier alpha value is -1.91. The summed E-state index contributed by atoms with van der Waals surface area (Å²) in [5.74, 6) is 2.21. The lowest BCUT2D eigenvalue weighted by atomic mass is 9.70. The largest absolute Gasteiger partial charge is 0.475 e. The number of nitrogens with zero attached hydrogens (tertiary/aromatic N) is 2. The average molecular weight is 330 g/mol. The van der Waals surface area contributed by atoms with Gasteiger partial charge < -0.3 is 9.26 Å². The maximum Gasteiger partial charge on any atom is 0.222 e. The zero-order valence-electron chi connectivity index (χ0n) is 15.0. The Bertz CT molecular complexity index is 687. The van der Waals surface area contributed by atoms with Crippen LogP contribution in [0, 0.1) is 17.8 Å². The molecule has 1 aliphatic heterocycles. The van der Waals surface area contributed by atoms with Crippen molar-refractivity contribution >= 4 is 11.7 Å². The van der Waals surface area contributed by atoms with Gasteiger partial charge in [-0.1, -0.05) is 24.2 Å². The third-order valence-corrected chi connectivity index (χ3v) is 5.24. The standard InChI is InChI=1S/C19H26N2O3/c1-11(2)13-6-14(12(3)16(22)7-13)8-17-15(9-20-24-17)18-21-19(4,5)10-23-18/h9,12-14H,1,6-8,10H2,2-5H3. The van der Waals surface area contributed by atoms with E-state index in [4.69, 9.17) is 9.26 Å². The third kappa shape index (κ3) is 3.30. The fourth-order valence-corrected chi connectivity index (χ4v) is 3.53. The Kier molecular flexibility index (Phi) is 4.37. The van der Waals surface area contributed by atoms with Crippen LogP contribution in [0.25, 0.3) is 0 Å². The van der Waals surface area contributed by atoms with Crippen LogP contribution in [-0.2, 0) is 16.0 Å². The summed E-state index contributed by atoms with van der Waals surface area (Å²) in [6.07, 6.45) is 3.91. The summed E-state index contributed by atoms with van der Waals surface area (Å²) in [4.78, 5) is 16.9. The summed E-state index contributed by atoms with van der Waals surface area (Å²) in [7, 11) is 0. The number of aromatic nitrogens is 1. The van der Waals surface area contributed by atoms with Crippen molar-refractivity contribution in [3.63, 3.8) is 0 Å². The van der Waals surface area contributed by atoms with E-state index in [0.29, 0.717) is 31.1 Å². The van der Waals surface area contributed by atoms with Crippen molar-refractivity contribution in [1.29, 1.82) is 0 Å². The first-order chi connectivity index (χ1) is 11.3. The van der Waals surface area contributed by atoms with Gasteiger partial charge in [-0.15, -0.1) is 0 Å². The van der Waals surface area contributed by atoms with E-state index in [1.807, 2.05) is 27.7 Å². The number of carbonyl (C=O) groups is 1. The van der Waals surface area contributed by atoms with Crippen LogP contribution in [-0.4, -0.2) is 29.0 Å². The SMILES string of the molecule is C=C(C)C1CC(=O)C(C)C(Cc2oncc2C2=NC(C)(C)CO2)C1. The highest BCUT2D eigenvalue weighted by atomic mass is 16.5. The molecule has 24 heavy (non-hydrogen) atoms. The van der Waals surface area contributed by atoms with Gasteiger partial charge in [0.05, 0.1) is 17.3 Å². The van der Waals surface area contributed by atoms with Crippen molar-refractivity contribution in [3.8, 4) is 0 Å². The van der Waals surface area contributed by atoms with Gasteiger partial charge in [-0.3, -0.25) is 4.79 Å². The Balaban J connectivity index is 1.80. The van der Waals surface area contributed by atoms with Crippen molar-refractivity contribution in [2.24, 2.45) is 22.7 Å². The molecule has 1 fully saturated rings. The fourth-order valence-electron chi connectivity index (χ4n) is 3.53. The van der Waals surface area contributed by atoms with E-state index < -0.39 is 0 Å². The van der Waals surface area contributed by atoms with E-state index in [1.54, 1.807) is 6.20 Å². The second-order valence-electron chi connectivity index (χ2n) is 7.88. The predicted octanol–water partition coefficient (Wildman–Crippen LogP) is 3.58. The molecule has 0 bridgehead atoms. The number of allylic oxidation sites excluding steroid dienone is 1. The van der Waals surface area contributed by atoms with Gasteiger partial charge in [-0.05, 0) is 39.0 Å². The van der Waals surface area contributed by atoms with Crippen LogP contribution in [0.5, 0.6) is 0 Å². The Labute approximate surface area is 143 Å². The third-order valence-electron chi connectivity index (χ3n) is 5.24. The molecule has 1 aromatic heterocycles. The number of ketones is 1. The molecule has 3 unspecified atom stereocenters. The van der Waals surface area contributed by atoms with Crippen LogP contribution in [0.3, 0.4) is 0 Å². The van der Waals surface area contributed by atoms with E-state index in [0.717, 1.165) is 23.3 Å². The number of ether oxygens (including phenoxy) is 1. The summed E-state index contributed by atoms with van der Waals surface area (Å²) in [5, 5.41) is 3.94. The van der Waals surface area contributed by atoms with Gasteiger partial charge in [0.15, 0.2) is 0 Å². The number of rotatable bonds is 4. The number of carbonyl (C=O) groups excluding carboxylic acids is 1. The lowest BCUT2D eigenvalue weighted by Crippen LogP contribution is -2.33. The lowest BCUT2D eigenvalue weighted by Gasteiger charge is -2.33. The van der Waals surface area contributed by atoms with Gasteiger partial charge in [-0.25, -0.2) is 4.99 Å². The van der Waals surface area contributed by atoms with Gasteiger partial charge in [-0.2, -0.15) is 0 Å². The Morgan fingerprint density at radius 1 is 1.46 bits per heavy atom. The van der Waals surface area contributed by atoms with E-state index in [-0.39, 0.29) is 23.3 Å². The lowest BCUT2D eigenvalue weighted by molar-refractivity contribution is -0.127. The predicted molar refractivity (Wildman–Crippen MR) is 92.0 cm³/mol. The first kappa shape index (κ1) is 16.9. The maximum absolute atomic E-state index is 12.3.